The molecule has 1 amide bonds. The Balaban J connectivity index is 1.92. The SMILES string of the molecule is Cc1nn(C)c2ncc(NC(=O)c3cc(F)cc(F)c3)cc12. The van der Waals surface area contributed by atoms with Crippen molar-refractivity contribution in [2.75, 3.05) is 5.32 Å². The zero-order valence-electron chi connectivity index (χ0n) is 11.9. The van der Waals surface area contributed by atoms with Crippen molar-refractivity contribution in [3.8, 4) is 0 Å². The van der Waals surface area contributed by atoms with Gasteiger partial charge in [-0.3, -0.25) is 9.48 Å². The first-order chi connectivity index (χ1) is 10.4. The molecule has 0 bridgehead atoms. The maximum atomic E-state index is 13.1. The third-order valence-corrected chi connectivity index (χ3v) is 3.25. The summed E-state index contributed by atoms with van der Waals surface area (Å²) >= 11 is 0. The lowest BCUT2D eigenvalue weighted by atomic mass is 10.2. The molecule has 0 saturated heterocycles. The highest BCUT2D eigenvalue weighted by Gasteiger charge is 2.12. The number of benzene rings is 1. The van der Waals surface area contributed by atoms with Crippen LogP contribution in [0.4, 0.5) is 14.5 Å². The van der Waals surface area contributed by atoms with E-state index >= 15 is 0 Å². The lowest BCUT2D eigenvalue weighted by molar-refractivity contribution is 0.102. The molecule has 3 rings (SSSR count). The van der Waals surface area contributed by atoms with E-state index in [1.54, 1.807) is 17.8 Å². The third kappa shape index (κ3) is 2.52. The summed E-state index contributed by atoms with van der Waals surface area (Å²) in [4.78, 5) is 16.3. The minimum absolute atomic E-state index is 0.0968. The van der Waals surface area contributed by atoms with Crippen molar-refractivity contribution >= 4 is 22.6 Å². The number of anilines is 1. The smallest absolute Gasteiger partial charge is 0.255 e. The molecule has 1 aromatic carbocycles. The van der Waals surface area contributed by atoms with Crippen LogP contribution < -0.4 is 5.32 Å². The van der Waals surface area contributed by atoms with Crippen molar-refractivity contribution in [1.82, 2.24) is 14.8 Å². The summed E-state index contributed by atoms with van der Waals surface area (Å²) < 4.78 is 27.9. The lowest BCUT2D eigenvalue weighted by Gasteiger charge is -2.06. The fraction of sp³-hybridized carbons (Fsp3) is 0.133. The molecule has 0 spiro atoms. The average molecular weight is 302 g/mol. The maximum Gasteiger partial charge on any atom is 0.255 e. The Morgan fingerprint density at radius 1 is 1.18 bits per heavy atom. The van der Waals surface area contributed by atoms with Gasteiger partial charge in [-0.15, -0.1) is 0 Å². The molecule has 5 nitrogen and oxygen atoms in total. The summed E-state index contributed by atoms with van der Waals surface area (Å²) in [6.45, 7) is 1.83. The Hall–Kier alpha value is -2.83. The number of amides is 1. The summed E-state index contributed by atoms with van der Waals surface area (Å²) in [6, 6.07) is 4.38. The molecule has 7 heteroatoms. The van der Waals surface area contributed by atoms with E-state index in [9.17, 15) is 13.6 Å². The molecule has 0 unspecified atom stereocenters. The minimum Gasteiger partial charge on any atom is -0.321 e. The van der Waals surface area contributed by atoms with Gasteiger partial charge in [0, 0.05) is 24.1 Å². The number of aromatic nitrogens is 3. The van der Waals surface area contributed by atoms with Crippen molar-refractivity contribution in [2.24, 2.45) is 7.05 Å². The molecule has 22 heavy (non-hydrogen) atoms. The van der Waals surface area contributed by atoms with Gasteiger partial charge in [0.15, 0.2) is 5.65 Å². The fourth-order valence-electron chi connectivity index (χ4n) is 2.26. The van der Waals surface area contributed by atoms with Gasteiger partial charge < -0.3 is 5.32 Å². The second-order valence-corrected chi connectivity index (χ2v) is 4.92. The highest BCUT2D eigenvalue weighted by Crippen LogP contribution is 2.20. The summed E-state index contributed by atoms with van der Waals surface area (Å²) in [5.74, 6) is -2.22. The van der Waals surface area contributed by atoms with Crippen molar-refractivity contribution in [3.63, 3.8) is 0 Å². The quantitative estimate of drug-likeness (QED) is 0.792. The molecular weight excluding hydrogens is 290 g/mol. The summed E-state index contributed by atoms with van der Waals surface area (Å²) in [6.07, 6.45) is 1.47. The number of carbonyl (C=O) groups excluding carboxylic acids is 1. The molecule has 3 aromatic rings. The lowest BCUT2D eigenvalue weighted by Crippen LogP contribution is -2.12. The number of hydrogen-bond donors (Lipinski definition) is 1. The van der Waals surface area contributed by atoms with Gasteiger partial charge in [0.2, 0.25) is 0 Å². The molecule has 1 N–H and O–H groups in total. The van der Waals surface area contributed by atoms with Gasteiger partial charge >= 0.3 is 0 Å². The van der Waals surface area contributed by atoms with E-state index in [0.29, 0.717) is 17.4 Å². The van der Waals surface area contributed by atoms with Gasteiger partial charge in [0.05, 0.1) is 17.6 Å². The predicted octanol–water partition coefficient (Wildman–Crippen LogP) is 2.81. The van der Waals surface area contributed by atoms with Crippen molar-refractivity contribution < 1.29 is 13.6 Å². The Kier molecular flexibility index (Phi) is 3.32. The molecule has 112 valence electrons. The van der Waals surface area contributed by atoms with Gasteiger partial charge in [-0.1, -0.05) is 0 Å². The molecular formula is C15H12F2N4O. The van der Waals surface area contributed by atoms with E-state index < -0.39 is 17.5 Å². The zero-order valence-corrected chi connectivity index (χ0v) is 11.9. The highest BCUT2D eigenvalue weighted by atomic mass is 19.1. The maximum absolute atomic E-state index is 13.1. The number of nitrogens with zero attached hydrogens (tertiary/aromatic N) is 3. The van der Waals surface area contributed by atoms with Crippen LogP contribution in [0.2, 0.25) is 0 Å². The highest BCUT2D eigenvalue weighted by molar-refractivity contribution is 6.04. The third-order valence-electron chi connectivity index (χ3n) is 3.25. The van der Waals surface area contributed by atoms with Crippen molar-refractivity contribution in [1.29, 1.82) is 0 Å². The minimum atomic E-state index is -0.804. The summed E-state index contributed by atoms with van der Waals surface area (Å²) in [5, 5.41) is 7.60. The standard InChI is InChI=1S/C15H12F2N4O/c1-8-13-6-12(7-18-14(13)21(2)20-8)19-15(22)9-3-10(16)5-11(17)4-9/h3-7H,1-2H3,(H,19,22). The Morgan fingerprint density at radius 3 is 2.55 bits per heavy atom. The second kappa shape index (κ2) is 5.18. The topological polar surface area (TPSA) is 59.8 Å². The number of hydrogen-bond acceptors (Lipinski definition) is 3. The van der Waals surface area contributed by atoms with Gasteiger partial charge in [0.25, 0.3) is 5.91 Å². The zero-order chi connectivity index (χ0) is 15.9. The van der Waals surface area contributed by atoms with Crippen LogP contribution in [0.15, 0.2) is 30.5 Å². The first kappa shape index (κ1) is 14.1. The van der Waals surface area contributed by atoms with E-state index in [4.69, 9.17) is 0 Å². The Morgan fingerprint density at radius 2 is 1.86 bits per heavy atom. The number of carbonyl (C=O) groups is 1. The van der Waals surface area contributed by atoms with E-state index in [1.807, 2.05) is 6.92 Å². The number of nitrogens with one attached hydrogen (secondary N) is 1. The number of halogens is 2. The van der Waals surface area contributed by atoms with Crippen LogP contribution >= 0.6 is 0 Å². The first-order valence-corrected chi connectivity index (χ1v) is 6.51. The normalized spacial score (nSPS) is 10.9. The molecule has 0 aliphatic carbocycles. The van der Waals surface area contributed by atoms with Crippen molar-refractivity contribution in [2.45, 2.75) is 6.92 Å². The van der Waals surface area contributed by atoms with Crippen LogP contribution in [-0.2, 0) is 7.05 Å². The van der Waals surface area contributed by atoms with E-state index in [1.165, 1.54) is 6.20 Å². The van der Waals surface area contributed by atoms with Crippen LogP contribution in [0.3, 0.4) is 0 Å². The summed E-state index contributed by atoms with van der Waals surface area (Å²) in [7, 11) is 1.77. The molecule has 0 aliphatic heterocycles. The summed E-state index contributed by atoms with van der Waals surface area (Å²) in [5.41, 5.74) is 1.80. The Labute approximate surface area is 124 Å². The van der Waals surface area contributed by atoms with E-state index in [0.717, 1.165) is 23.2 Å². The van der Waals surface area contributed by atoms with Crippen LogP contribution in [0.25, 0.3) is 11.0 Å². The first-order valence-electron chi connectivity index (χ1n) is 6.51. The van der Waals surface area contributed by atoms with Crippen LogP contribution in [0.1, 0.15) is 16.1 Å². The second-order valence-electron chi connectivity index (χ2n) is 4.92. The van der Waals surface area contributed by atoms with E-state index in [2.05, 4.69) is 15.4 Å². The van der Waals surface area contributed by atoms with Gasteiger partial charge in [-0.25, -0.2) is 13.8 Å². The predicted molar refractivity (Wildman–Crippen MR) is 77.6 cm³/mol. The number of pyridine rings is 1. The fourth-order valence-corrected chi connectivity index (χ4v) is 2.26. The van der Waals surface area contributed by atoms with Crippen LogP contribution in [0, 0.1) is 18.6 Å². The number of fused-ring (bicyclic) bond motifs is 1. The molecule has 0 radical (unpaired) electrons. The van der Waals surface area contributed by atoms with Gasteiger partial charge in [-0.05, 0) is 25.1 Å². The molecule has 0 atom stereocenters. The monoisotopic (exact) mass is 302 g/mol. The average Bonchev–Trinajstić information content (AvgIpc) is 2.72. The molecule has 0 aliphatic rings. The van der Waals surface area contributed by atoms with Gasteiger partial charge in [0.1, 0.15) is 11.6 Å². The Bertz CT molecular complexity index is 868. The van der Waals surface area contributed by atoms with Crippen LogP contribution in [0.5, 0.6) is 0 Å². The number of rotatable bonds is 2. The molecule has 2 aromatic heterocycles. The number of aryl methyl sites for hydroxylation is 2. The molecule has 2 heterocycles. The van der Waals surface area contributed by atoms with E-state index in [-0.39, 0.29) is 5.56 Å². The largest absolute Gasteiger partial charge is 0.321 e. The molecule has 0 fully saturated rings. The van der Waals surface area contributed by atoms with Crippen molar-refractivity contribution in [3.05, 3.63) is 53.4 Å². The molecule has 0 saturated carbocycles. The van der Waals surface area contributed by atoms with Crippen LogP contribution in [-0.4, -0.2) is 20.7 Å². The van der Waals surface area contributed by atoms with Gasteiger partial charge in [-0.2, -0.15) is 5.10 Å².